The Morgan fingerprint density at radius 1 is 1.03 bits per heavy atom. The van der Waals surface area contributed by atoms with Crippen LogP contribution in [0, 0.1) is 5.92 Å². The van der Waals surface area contributed by atoms with E-state index in [0.717, 1.165) is 42.6 Å². The number of ketones is 1. The number of carboxylic acids is 1. The van der Waals surface area contributed by atoms with Crippen molar-refractivity contribution >= 4 is 11.8 Å². The highest BCUT2D eigenvalue weighted by atomic mass is 16.4. The van der Waals surface area contributed by atoms with Crippen LogP contribution in [0.2, 0.25) is 0 Å². The number of aromatic carboxylic acids is 1. The van der Waals surface area contributed by atoms with Gasteiger partial charge in [0.1, 0.15) is 5.82 Å². The zero-order valence-corrected chi connectivity index (χ0v) is 19.2. The van der Waals surface area contributed by atoms with Gasteiger partial charge in [-0.05, 0) is 35.1 Å². The third-order valence-corrected chi connectivity index (χ3v) is 6.42. The lowest BCUT2D eigenvalue weighted by Gasteiger charge is -2.19. The van der Waals surface area contributed by atoms with Gasteiger partial charge in [0.2, 0.25) is 11.6 Å². The minimum Gasteiger partial charge on any atom is -0.478 e. The van der Waals surface area contributed by atoms with Crippen molar-refractivity contribution in [2.24, 2.45) is 5.92 Å². The first kappa shape index (κ1) is 22.9. The third-order valence-electron chi connectivity index (χ3n) is 6.42. The van der Waals surface area contributed by atoms with Gasteiger partial charge in [0.05, 0.1) is 12.1 Å². The van der Waals surface area contributed by atoms with Crippen LogP contribution in [-0.2, 0) is 13.0 Å². The van der Waals surface area contributed by atoms with Crippen molar-refractivity contribution in [1.82, 2.24) is 14.8 Å². The van der Waals surface area contributed by atoms with Crippen molar-refractivity contribution in [1.29, 1.82) is 0 Å². The van der Waals surface area contributed by atoms with E-state index in [2.05, 4.69) is 17.0 Å². The summed E-state index contributed by atoms with van der Waals surface area (Å²) in [5, 5.41) is 14.0. The molecule has 0 saturated heterocycles. The summed E-state index contributed by atoms with van der Waals surface area (Å²) in [7, 11) is 0. The van der Waals surface area contributed by atoms with E-state index in [1.54, 1.807) is 12.1 Å². The first-order valence-corrected chi connectivity index (χ1v) is 11.9. The van der Waals surface area contributed by atoms with E-state index in [1.165, 1.54) is 19.3 Å². The third kappa shape index (κ3) is 5.56. The largest absolute Gasteiger partial charge is 0.478 e. The second-order valence-corrected chi connectivity index (χ2v) is 8.94. The van der Waals surface area contributed by atoms with Crippen LogP contribution < -0.4 is 0 Å². The summed E-state index contributed by atoms with van der Waals surface area (Å²) in [4.78, 5) is 29.0. The first-order chi connectivity index (χ1) is 16.0. The monoisotopic (exact) mass is 445 g/mol. The summed E-state index contributed by atoms with van der Waals surface area (Å²) in [5.41, 5.74) is 2.86. The quantitative estimate of drug-likeness (QED) is 0.421. The highest BCUT2D eigenvalue weighted by Crippen LogP contribution is 2.27. The van der Waals surface area contributed by atoms with Gasteiger partial charge in [0.15, 0.2) is 0 Å². The number of carbonyl (C=O) groups is 2. The lowest BCUT2D eigenvalue weighted by molar-refractivity contribution is 0.0697. The van der Waals surface area contributed by atoms with Gasteiger partial charge in [-0.1, -0.05) is 81.5 Å². The molecule has 3 aromatic rings. The zero-order valence-electron chi connectivity index (χ0n) is 19.2. The number of aryl methyl sites for hydroxylation is 1. The molecule has 1 heterocycles. The molecule has 1 aromatic heterocycles. The molecule has 1 saturated carbocycles. The number of benzene rings is 2. The van der Waals surface area contributed by atoms with Crippen molar-refractivity contribution in [3.63, 3.8) is 0 Å². The summed E-state index contributed by atoms with van der Waals surface area (Å²) in [6, 6.07) is 14.8. The molecule has 2 aromatic carbocycles. The molecule has 1 N–H and O–H groups in total. The van der Waals surface area contributed by atoms with Crippen LogP contribution >= 0.6 is 0 Å². The first-order valence-electron chi connectivity index (χ1n) is 11.9. The lowest BCUT2D eigenvalue weighted by Crippen LogP contribution is -2.13. The van der Waals surface area contributed by atoms with Crippen LogP contribution in [0.15, 0.2) is 48.5 Å². The van der Waals surface area contributed by atoms with Gasteiger partial charge in [-0.3, -0.25) is 4.79 Å². The van der Waals surface area contributed by atoms with Gasteiger partial charge >= 0.3 is 5.97 Å². The molecule has 1 fully saturated rings. The van der Waals surface area contributed by atoms with E-state index in [0.29, 0.717) is 30.3 Å². The summed E-state index contributed by atoms with van der Waals surface area (Å²) in [5.74, 6) is 0.764. The fourth-order valence-electron chi connectivity index (χ4n) is 4.66. The average Bonchev–Trinajstić information content (AvgIpc) is 3.23. The summed E-state index contributed by atoms with van der Waals surface area (Å²) < 4.78 is 1.85. The highest BCUT2D eigenvalue weighted by Gasteiger charge is 2.22. The van der Waals surface area contributed by atoms with Crippen molar-refractivity contribution < 1.29 is 14.7 Å². The Bertz CT molecular complexity index is 1110. The number of hydrogen-bond acceptors (Lipinski definition) is 4. The molecule has 0 unspecified atom stereocenters. The summed E-state index contributed by atoms with van der Waals surface area (Å²) in [6.07, 6.45) is 8.22. The highest BCUT2D eigenvalue weighted by molar-refractivity contribution is 5.96. The van der Waals surface area contributed by atoms with E-state index >= 15 is 0 Å². The Morgan fingerprint density at radius 3 is 2.45 bits per heavy atom. The maximum Gasteiger partial charge on any atom is 0.336 e. The fraction of sp³-hybridized carbons (Fsp3) is 0.407. The van der Waals surface area contributed by atoms with E-state index < -0.39 is 5.97 Å². The van der Waals surface area contributed by atoms with Crippen LogP contribution in [0.25, 0.3) is 11.1 Å². The normalized spacial score (nSPS) is 14.3. The number of nitrogens with zero attached hydrogens (tertiary/aromatic N) is 3. The van der Waals surface area contributed by atoms with Crippen LogP contribution in [0.1, 0.15) is 84.2 Å². The van der Waals surface area contributed by atoms with Crippen molar-refractivity contribution in [3.05, 3.63) is 71.3 Å². The molecule has 0 aliphatic heterocycles. The molecular weight excluding hydrogens is 414 g/mol. The number of rotatable bonds is 9. The number of Topliss-reactive ketones (excluding diaryl/α,β-unsaturated/α-hetero) is 1. The molecule has 0 amide bonds. The maximum atomic E-state index is 12.8. The Hall–Kier alpha value is -3.28. The van der Waals surface area contributed by atoms with E-state index in [-0.39, 0.29) is 11.3 Å². The van der Waals surface area contributed by atoms with Gasteiger partial charge in [-0.25, -0.2) is 14.5 Å². The molecule has 0 radical (unpaired) electrons. The molecule has 1 aliphatic rings. The standard InChI is InChI=1S/C27H31N3O3/c1-2-8-25-28-26(24(31)17-19-9-4-3-5-10-19)29-30(25)18-20-13-15-21(16-14-20)22-11-6-7-12-23(22)27(32)33/h6-7,11-16,19H,2-5,8-10,17-18H2,1H3,(H,32,33). The molecule has 33 heavy (non-hydrogen) atoms. The van der Waals surface area contributed by atoms with Gasteiger partial charge in [0.25, 0.3) is 0 Å². The molecular formula is C27H31N3O3. The molecule has 1 aliphatic carbocycles. The number of hydrogen-bond donors (Lipinski definition) is 1. The predicted molar refractivity (Wildman–Crippen MR) is 127 cm³/mol. The second-order valence-electron chi connectivity index (χ2n) is 8.94. The van der Waals surface area contributed by atoms with Crippen LogP contribution in [-0.4, -0.2) is 31.6 Å². The van der Waals surface area contributed by atoms with E-state index in [9.17, 15) is 14.7 Å². The topological polar surface area (TPSA) is 85.1 Å². The lowest BCUT2D eigenvalue weighted by atomic mass is 9.86. The Labute approximate surface area is 194 Å². The second kappa shape index (κ2) is 10.6. The van der Waals surface area contributed by atoms with Crippen molar-refractivity contribution in [2.45, 2.75) is 64.8 Å². The van der Waals surface area contributed by atoms with Gasteiger partial charge in [0, 0.05) is 12.8 Å². The average molecular weight is 446 g/mol. The molecule has 6 heteroatoms. The summed E-state index contributed by atoms with van der Waals surface area (Å²) in [6.45, 7) is 2.62. The number of carboxylic acid groups (broad SMARTS) is 1. The Kier molecular flexibility index (Phi) is 7.33. The number of carbonyl (C=O) groups excluding carboxylic acids is 1. The molecule has 0 bridgehead atoms. The minimum absolute atomic E-state index is 0.0543. The zero-order chi connectivity index (χ0) is 23.2. The SMILES string of the molecule is CCCc1nc(C(=O)CC2CCCCC2)nn1Cc1ccc(-c2ccccc2C(=O)O)cc1. The van der Waals surface area contributed by atoms with Crippen molar-refractivity contribution in [3.8, 4) is 11.1 Å². The van der Waals surface area contributed by atoms with Crippen LogP contribution in [0.3, 0.4) is 0 Å². The smallest absolute Gasteiger partial charge is 0.336 e. The molecule has 4 rings (SSSR count). The predicted octanol–water partition coefficient (Wildman–Crippen LogP) is 5.80. The van der Waals surface area contributed by atoms with Crippen LogP contribution in [0.5, 0.6) is 0 Å². The molecule has 172 valence electrons. The fourth-order valence-corrected chi connectivity index (χ4v) is 4.66. The van der Waals surface area contributed by atoms with Gasteiger partial charge < -0.3 is 5.11 Å². The Morgan fingerprint density at radius 2 is 1.76 bits per heavy atom. The molecule has 6 nitrogen and oxygen atoms in total. The molecule has 0 spiro atoms. The van der Waals surface area contributed by atoms with Gasteiger partial charge in [-0.2, -0.15) is 0 Å². The minimum atomic E-state index is -0.938. The van der Waals surface area contributed by atoms with E-state index in [4.69, 9.17) is 0 Å². The maximum absolute atomic E-state index is 12.8. The Balaban J connectivity index is 1.51. The van der Waals surface area contributed by atoms with Gasteiger partial charge in [-0.15, -0.1) is 5.10 Å². The van der Waals surface area contributed by atoms with Crippen LogP contribution in [0.4, 0.5) is 0 Å². The van der Waals surface area contributed by atoms with Crippen molar-refractivity contribution in [2.75, 3.05) is 0 Å². The van der Waals surface area contributed by atoms with E-state index in [1.807, 2.05) is 41.1 Å². The molecule has 0 atom stereocenters. The summed E-state index contributed by atoms with van der Waals surface area (Å²) >= 11 is 0. The number of aromatic nitrogens is 3.